The molecule has 0 fully saturated rings. The lowest BCUT2D eigenvalue weighted by molar-refractivity contribution is -0.143. The predicted octanol–water partition coefficient (Wildman–Crippen LogP) is 3.54. The van der Waals surface area contributed by atoms with E-state index in [0.717, 1.165) is 11.1 Å². The molecular formula is C21H26O6. The van der Waals surface area contributed by atoms with Crippen LogP contribution in [0.2, 0.25) is 0 Å². The fraction of sp³-hybridized carbons (Fsp3) is 0.381. The molecule has 0 radical (unpaired) electrons. The van der Waals surface area contributed by atoms with Gasteiger partial charge >= 0.3 is 5.97 Å². The van der Waals surface area contributed by atoms with Crippen LogP contribution < -0.4 is 14.2 Å². The molecular weight excluding hydrogens is 348 g/mol. The zero-order chi connectivity index (χ0) is 20.0. The van der Waals surface area contributed by atoms with Gasteiger partial charge in [0, 0.05) is 0 Å². The van der Waals surface area contributed by atoms with Crippen molar-refractivity contribution in [3.63, 3.8) is 0 Å². The largest absolute Gasteiger partial charge is 0.504 e. The number of phenolic OH excluding ortho intramolecular Hbond substituents is 1. The highest BCUT2D eigenvalue weighted by Gasteiger charge is 2.26. The first kappa shape index (κ1) is 20.4. The van der Waals surface area contributed by atoms with E-state index < -0.39 is 11.9 Å². The summed E-state index contributed by atoms with van der Waals surface area (Å²) in [6.07, 6.45) is 0.937. The molecule has 0 bridgehead atoms. The number of phenols is 1. The fourth-order valence-electron chi connectivity index (χ4n) is 3.16. The van der Waals surface area contributed by atoms with Gasteiger partial charge in [0.15, 0.2) is 23.0 Å². The molecule has 2 atom stereocenters. The van der Waals surface area contributed by atoms with Crippen LogP contribution in [-0.2, 0) is 17.6 Å². The molecule has 2 aromatic carbocycles. The van der Waals surface area contributed by atoms with Gasteiger partial charge in [-0.15, -0.1) is 0 Å². The summed E-state index contributed by atoms with van der Waals surface area (Å²) in [4.78, 5) is 11.9. The van der Waals surface area contributed by atoms with Gasteiger partial charge in [-0.1, -0.05) is 19.1 Å². The maximum Gasteiger partial charge on any atom is 0.307 e. The van der Waals surface area contributed by atoms with Crippen molar-refractivity contribution >= 4 is 5.97 Å². The molecule has 2 N–H and O–H groups in total. The average Bonchev–Trinajstić information content (AvgIpc) is 2.66. The van der Waals surface area contributed by atoms with Crippen LogP contribution in [0.15, 0.2) is 36.4 Å². The number of aromatic hydroxyl groups is 1. The van der Waals surface area contributed by atoms with Gasteiger partial charge in [-0.25, -0.2) is 0 Å². The van der Waals surface area contributed by atoms with Crippen LogP contribution in [-0.4, -0.2) is 37.5 Å². The number of benzene rings is 2. The molecule has 0 amide bonds. The third-order valence-electron chi connectivity index (χ3n) is 4.71. The molecule has 27 heavy (non-hydrogen) atoms. The van der Waals surface area contributed by atoms with Crippen LogP contribution in [0.3, 0.4) is 0 Å². The summed E-state index contributed by atoms with van der Waals surface area (Å²) < 4.78 is 15.7. The summed E-state index contributed by atoms with van der Waals surface area (Å²) in [5.41, 5.74) is 1.78. The van der Waals surface area contributed by atoms with Gasteiger partial charge in [0.05, 0.1) is 27.2 Å². The molecule has 6 nitrogen and oxygen atoms in total. The lowest BCUT2D eigenvalue weighted by Gasteiger charge is -2.21. The van der Waals surface area contributed by atoms with E-state index in [1.165, 1.54) is 13.2 Å². The van der Waals surface area contributed by atoms with Crippen molar-refractivity contribution < 1.29 is 29.2 Å². The maximum atomic E-state index is 11.9. The smallest absolute Gasteiger partial charge is 0.307 e. The molecule has 2 aromatic rings. The third kappa shape index (κ3) is 5.06. The Morgan fingerprint density at radius 2 is 1.44 bits per heavy atom. The van der Waals surface area contributed by atoms with E-state index in [4.69, 9.17) is 14.2 Å². The van der Waals surface area contributed by atoms with Crippen molar-refractivity contribution in [3.8, 4) is 23.0 Å². The molecule has 0 saturated heterocycles. The Labute approximate surface area is 159 Å². The lowest BCUT2D eigenvalue weighted by Crippen LogP contribution is -2.25. The number of hydrogen-bond acceptors (Lipinski definition) is 5. The number of carbonyl (C=O) groups is 1. The van der Waals surface area contributed by atoms with E-state index in [2.05, 4.69) is 0 Å². The Bertz CT molecular complexity index is 786. The highest BCUT2D eigenvalue weighted by molar-refractivity contribution is 5.71. The maximum absolute atomic E-state index is 11.9. The second-order valence-corrected chi connectivity index (χ2v) is 6.53. The first-order valence-corrected chi connectivity index (χ1v) is 8.69. The molecule has 0 heterocycles. The number of ether oxygens (including phenoxy) is 3. The van der Waals surface area contributed by atoms with Crippen molar-refractivity contribution in [2.24, 2.45) is 11.8 Å². The zero-order valence-electron chi connectivity index (χ0n) is 16.1. The van der Waals surface area contributed by atoms with Gasteiger partial charge in [0.2, 0.25) is 0 Å². The SMILES string of the molecule is COc1cc(CC(C(=O)O)C(C)Cc2ccc(OC)c(OC)c2)ccc1O. The average molecular weight is 374 g/mol. The lowest BCUT2D eigenvalue weighted by atomic mass is 9.84. The third-order valence-corrected chi connectivity index (χ3v) is 4.71. The molecule has 6 heteroatoms. The molecule has 2 unspecified atom stereocenters. The van der Waals surface area contributed by atoms with Gasteiger partial charge in [-0.05, 0) is 54.2 Å². The van der Waals surface area contributed by atoms with Crippen molar-refractivity contribution in [2.75, 3.05) is 21.3 Å². The van der Waals surface area contributed by atoms with Gasteiger partial charge in [0.1, 0.15) is 0 Å². The first-order chi connectivity index (χ1) is 12.9. The molecule has 0 aliphatic heterocycles. The number of hydrogen-bond donors (Lipinski definition) is 2. The Hall–Kier alpha value is -2.89. The number of methoxy groups -OCH3 is 3. The second kappa shape index (κ2) is 9.16. The van der Waals surface area contributed by atoms with Crippen LogP contribution in [0.5, 0.6) is 23.0 Å². The Morgan fingerprint density at radius 3 is 2.04 bits per heavy atom. The minimum Gasteiger partial charge on any atom is -0.504 e. The van der Waals surface area contributed by atoms with Crippen LogP contribution in [0.1, 0.15) is 18.1 Å². The molecule has 0 saturated carbocycles. The van der Waals surface area contributed by atoms with E-state index in [0.29, 0.717) is 30.1 Å². The molecule has 0 spiro atoms. The van der Waals surface area contributed by atoms with E-state index in [1.54, 1.807) is 26.4 Å². The normalized spacial score (nSPS) is 12.9. The van der Waals surface area contributed by atoms with Gasteiger partial charge in [-0.3, -0.25) is 4.79 Å². The second-order valence-electron chi connectivity index (χ2n) is 6.53. The topological polar surface area (TPSA) is 85.2 Å². The molecule has 0 aromatic heterocycles. The minimum absolute atomic E-state index is 0.0338. The number of carboxylic acids is 1. The summed E-state index contributed by atoms with van der Waals surface area (Å²) in [5, 5.41) is 19.4. The standard InChI is InChI=1S/C21H26O6/c1-13(9-14-6-8-18(25-2)20(12-14)27-4)16(21(23)24)10-15-5-7-17(22)19(11-15)26-3/h5-8,11-13,16,22H,9-10H2,1-4H3,(H,23,24). The van der Waals surface area contributed by atoms with E-state index >= 15 is 0 Å². The monoisotopic (exact) mass is 374 g/mol. The van der Waals surface area contributed by atoms with Crippen LogP contribution in [0, 0.1) is 11.8 Å². The number of carboxylic acid groups (broad SMARTS) is 1. The number of rotatable bonds is 9. The minimum atomic E-state index is -0.852. The summed E-state index contributed by atoms with van der Waals surface area (Å²) >= 11 is 0. The molecule has 0 aliphatic carbocycles. The summed E-state index contributed by atoms with van der Waals surface area (Å²) in [7, 11) is 4.61. The quantitative estimate of drug-likeness (QED) is 0.698. The molecule has 2 rings (SSSR count). The fourth-order valence-corrected chi connectivity index (χ4v) is 3.16. The van der Waals surface area contributed by atoms with E-state index in [9.17, 15) is 15.0 Å². The first-order valence-electron chi connectivity index (χ1n) is 8.69. The predicted molar refractivity (Wildman–Crippen MR) is 102 cm³/mol. The van der Waals surface area contributed by atoms with Crippen molar-refractivity contribution in [1.29, 1.82) is 0 Å². The van der Waals surface area contributed by atoms with E-state index in [1.807, 2.05) is 25.1 Å². The van der Waals surface area contributed by atoms with Crippen LogP contribution >= 0.6 is 0 Å². The molecule has 0 aliphatic rings. The van der Waals surface area contributed by atoms with Crippen LogP contribution in [0.4, 0.5) is 0 Å². The van der Waals surface area contributed by atoms with Crippen molar-refractivity contribution in [1.82, 2.24) is 0 Å². The molecule has 146 valence electrons. The zero-order valence-corrected chi connectivity index (χ0v) is 16.1. The van der Waals surface area contributed by atoms with E-state index in [-0.39, 0.29) is 11.7 Å². The highest BCUT2D eigenvalue weighted by Crippen LogP contribution is 2.31. The van der Waals surface area contributed by atoms with Gasteiger partial charge < -0.3 is 24.4 Å². The van der Waals surface area contributed by atoms with Crippen molar-refractivity contribution in [3.05, 3.63) is 47.5 Å². The highest BCUT2D eigenvalue weighted by atomic mass is 16.5. The Kier molecular flexibility index (Phi) is 6.93. The van der Waals surface area contributed by atoms with Crippen molar-refractivity contribution in [2.45, 2.75) is 19.8 Å². The Balaban J connectivity index is 2.17. The summed E-state index contributed by atoms with van der Waals surface area (Å²) in [6, 6.07) is 10.5. The van der Waals surface area contributed by atoms with Crippen LogP contribution in [0.25, 0.3) is 0 Å². The summed E-state index contributed by atoms with van der Waals surface area (Å²) in [5.74, 6) is 0.0932. The van der Waals surface area contributed by atoms with Gasteiger partial charge in [0.25, 0.3) is 0 Å². The number of aliphatic carboxylic acids is 1. The van der Waals surface area contributed by atoms with Gasteiger partial charge in [-0.2, -0.15) is 0 Å². The summed E-state index contributed by atoms with van der Waals surface area (Å²) in [6.45, 7) is 1.92. The Morgan fingerprint density at radius 1 is 0.889 bits per heavy atom.